The van der Waals surface area contributed by atoms with Gasteiger partial charge in [-0.1, -0.05) is 145 Å². The van der Waals surface area contributed by atoms with Gasteiger partial charge in [0.1, 0.15) is 0 Å². The van der Waals surface area contributed by atoms with E-state index in [1.54, 1.807) is 0 Å². The van der Waals surface area contributed by atoms with Gasteiger partial charge in [-0.25, -0.2) is 0 Å². The third-order valence-electron chi connectivity index (χ3n) is 8.91. The Hall–Kier alpha value is -6.13. The van der Waals surface area contributed by atoms with E-state index in [2.05, 4.69) is 132 Å². The molecule has 232 valence electrons. The highest BCUT2D eigenvalue weighted by molar-refractivity contribution is 7.88. The van der Waals surface area contributed by atoms with E-state index >= 15 is 4.57 Å². The fourth-order valence-electron chi connectivity index (χ4n) is 6.65. The Labute approximate surface area is 288 Å². The first kappa shape index (κ1) is 30.2. The molecular formula is C46H32NOP. The van der Waals surface area contributed by atoms with Gasteiger partial charge >= 0.3 is 0 Å². The summed E-state index contributed by atoms with van der Waals surface area (Å²) >= 11 is 0. The second-order valence-corrected chi connectivity index (χ2v) is 14.6. The Morgan fingerprint density at radius 1 is 0.408 bits per heavy atom. The highest BCUT2D eigenvalue weighted by Crippen LogP contribution is 2.65. The Morgan fingerprint density at radius 2 is 0.857 bits per heavy atom. The molecule has 0 aliphatic carbocycles. The van der Waals surface area contributed by atoms with Crippen LogP contribution in [0, 0.1) is 11.8 Å². The molecular weight excluding hydrogens is 613 g/mol. The number of nitrogens with zero attached hydrogens (tertiary/aromatic N) is 1. The number of hydrogen-bond donors (Lipinski definition) is 0. The van der Waals surface area contributed by atoms with Gasteiger partial charge in [-0.3, -0.25) is 0 Å². The van der Waals surface area contributed by atoms with Crippen molar-refractivity contribution in [2.75, 3.05) is 4.90 Å². The van der Waals surface area contributed by atoms with Crippen LogP contribution in [0.5, 0.6) is 0 Å². The molecule has 0 saturated carbocycles. The van der Waals surface area contributed by atoms with Crippen LogP contribution in [-0.4, -0.2) is 0 Å². The average Bonchev–Trinajstić information content (AvgIpc) is 3.45. The summed E-state index contributed by atoms with van der Waals surface area (Å²) in [7, 11) is -3.13. The van der Waals surface area contributed by atoms with Crippen LogP contribution in [0.2, 0.25) is 0 Å². The molecule has 0 fully saturated rings. The molecule has 49 heavy (non-hydrogen) atoms. The van der Waals surface area contributed by atoms with Crippen molar-refractivity contribution >= 4 is 45.7 Å². The summed E-state index contributed by atoms with van der Waals surface area (Å²) in [5, 5.41) is 2.63. The van der Waals surface area contributed by atoms with Gasteiger partial charge < -0.3 is 9.46 Å². The number of hydrogen-bond acceptors (Lipinski definition) is 2. The molecule has 3 heteroatoms. The van der Waals surface area contributed by atoms with Crippen LogP contribution in [0.4, 0.5) is 17.1 Å². The third kappa shape index (κ3) is 5.72. The molecule has 0 bridgehead atoms. The zero-order valence-electron chi connectivity index (χ0n) is 26.8. The summed E-state index contributed by atoms with van der Waals surface area (Å²) in [6, 6.07) is 65.8. The van der Waals surface area contributed by atoms with E-state index in [4.69, 9.17) is 0 Å². The smallest absolute Gasteiger partial charge is 0.172 e. The van der Waals surface area contributed by atoms with E-state index < -0.39 is 7.14 Å². The van der Waals surface area contributed by atoms with Crippen molar-refractivity contribution in [3.63, 3.8) is 0 Å². The molecule has 1 atom stereocenters. The molecule has 0 radical (unpaired) electrons. The largest absolute Gasteiger partial charge is 0.311 e. The molecule has 2 nitrogen and oxygen atoms in total. The van der Waals surface area contributed by atoms with Crippen molar-refractivity contribution in [3.05, 3.63) is 222 Å². The van der Waals surface area contributed by atoms with Crippen molar-refractivity contribution < 1.29 is 4.57 Å². The van der Waals surface area contributed by atoms with Gasteiger partial charge in [-0.2, -0.15) is 0 Å². The van der Waals surface area contributed by atoms with Gasteiger partial charge in [0, 0.05) is 49.7 Å². The highest BCUT2D eigenvalue weighted by Gasteiger charge is 2.43. The molecule has 0 N–H and O–H groups in total. The van der Waals surface area contributed by atoms with Gasteiger partial charge in [-0.15, -0.1) is 0 Å². The molecule has 0 spiro atoms. The van der Waals surface area contributed by atoms with E-state index in [1.807, 2.05) is 78.9 Å². The number of anilines is 3. The lowest BCUT2D eigenvalue weighted by atomic mass is 9.95. The lowest BCUT2D eigenvalue weighted by Gasteiger charge is -2.25. The van der Waals surface area contributed by atoms with Crippen molar-refractivity contribution in [1.29, 1.82) is 0 Å². The number of benzene rings is 7. The highest BCUT2D eigenvalue weighted by atomic mass is 31.2. The van der Waals surface area contributed by atoms with E-state index in [0.29, 0.717) is 0 Å². The normalized spacial score (nSPS) is 14.9. The Bertz CT molecular complexity index is 2330. The summed E-state index contributed by atoms with van der Waals surface area (Å²) in [6.07, 6.45) is 0. The maximum atomic E-state index is 15.4. The first-order valence-corrected chi connectivity index (χ1v) is 18.1. The second-order valence-electron chi connectivity index (χ2n) is 11.9. The summed E-state index contributed by atoms with van der Waals surface area (Å²) in [4.78, 5) is 2.24. The molecule has 8 rings (SSSR count). The average molecular weight is 646 g/mol. The Morgan fingerprint density at radius 3 is 1.43 bits per heavy atom. The molecule has 1 aliphatic rings. The second kappa shape index (κ2) is 13.2. The topological polar surface area (TPSA) is 20.3 Å². The fourth-order valence-corrected chi connectivity index (χ4v) is 9.91. The van der Waals surface area contributed by atoms with Gasteiger partial charge in [0.05, 0.1) is 0 Å². The summed E-state index contributed by atoms with van der Waals surface area (Å²) in [6.45, 7) is 0. The molecule has 7 aromatic carbocycles. The van der Waals surface area contributed by atoms with Crippen molar-refractivity contribution in [3.8, 4) is 11.8 Å². The number of rotatable bonds is 6. The van der Waals surface area contributed by atoms with Crippen LogP contribution in [0.1, 0.15) is 27.8 Å². The first-order valence-electron chi connectivity index (χ1n) is 16.4. The maximum Gasteiger partial charge on any atom is 0.172 e. The number of para-hydroxylation sites is 2. The van der Waals surface area contributed by atoms with Crippen LogP contribution < -0.4 is 15.5 Å². The minimum Gasteiger partial charge on any atom is -0.311 e. The SMILES string of the molecule is O=P1(c2ccccc2)C(c2ccccc2)=C(c2ccc(C#Cc3ccc(N(c4ccccc4)c4ccccc4)cc3)cc2)c2ccccc21. The molecule has 0 amide bonds. The third-order valence-corrected chi connectivity index (χ3v) is 12.1. The van der Waals surface area contributed by atoms with E-state index in [1.165, 1.54) is 0 Å². The molecule has 0 saturated heterocycles. The first-order chi connectivity index (χ1) is 24.2. The van der Waals surface area contributed by atoms with Gasteiger partial charge in [0.15, 0.2) is 7.14 Å². The zero-order chi connectivity index (χ0) is 33.0. The van der Waals surface area contributed by atoms with Gasteiger partial charge in [-0.05, 0) is 77.4 Å². The number of fused-ring (bicyclic) bond motifs is 1. The predicted molar refractivity (Wildman–Crippen MR) is 206 cm³/mol. The molecule has 1 aliphatic heterocycles. The molecule has 0 aromatic heterocycles. The van der Waals surface area contributed by atoms with Gasteiger partial charge in [0.2, 0.25) is 0 Å². The van der Waals surface area contributed by atoms with Crippen molar-refractivity contribution in [2.24, 2.45) is 0 Å². The van der Waals surface area contributed by atoms with E-state index in [-0.39, 0.29) is 0 Å². The summed E-state index contributed by atoms with van der Waals surface area (Å²) < 4.78 is 15.4. The van der Waals surface area contributed by atoms with Crippen molar-refractivity contribution in [2.45, 2.75) is 0 Å². The maximum absolute atomic E-state index is 15.4. The summed E-state index contributed by atoms with van der Waals surface area (Å²) in [5.41, 5.74) is 9.17. The lowest BCUT2D eigenvalue weighted by molar-refractivity contribution is 0.593. The molecule has 1 heterocycles. The van der Waals surface area contributed by atoms with Crippen molar-refractivity contribution in [1.82, 2.24) is 0 Å². The monoisotopic (exact) mass is 645 g/mol. The fraction of sp³-hybridized carbons (Fsp3) is 0. The lowest BCUT2D eigenvalue weighted by Crippen LogP contribution is -2.15. The predicted octanol–water partition coefficient (Wildman–Crippen LogP) is 10.8. The van der Waals surface area contributed by atoms with Gasteiger partial charge in [0.25, 0.3) is 0 Å². The molecule has 7 aromatic rings. The van der Waals surface area contributed by atoms with E-state index in [9.17, 15) is 0 Å². The minimum atomic E-state index is -3.13. The Kier molecular flexibility index (Phi) is 8.12. The summed E-state index contributed by atoms with van der Waals surface area (Å²) in [5.74, 6) is 6.72. The van der Waals surface area contributed by atoms with Crippen LogP contribution in [0.15, 0.2) is 194 Å². The quantitative estimate of drug-likeness (QED) is 0.133. The van der Waals surface area contributed by atoms with Crippen LogP contribution in [0.3, 0.4) is 0 Å². The molecule has 1 unspecified atom stereocenters. The van der Waals surface area contributed by atoms with Crippen LogP contribution >= 0.6 is 7.14 Å². The van der Waals surface area contributed by atoms with Crippen LogP contribution in [0.25, 0.3) is 10.9 Å². The standard InChI is InChI=1S/C46H32NOP/c48-49(42-21-11-4-12-22-42)44-24-14-13-23-43(44)45(46(49)38-15-5-1-6-16-38)37-31-27-35(28-32-37)25-26-36-29-33-41(34-30-36)47(39-17-7-2-8-18-39)40-19-9-3-10-20-40/h1-24,27-34H. The zero-order valence-corrected chi connectivity index (χ0v) is 27.7. The van der Waals surface area contributed by atoms with Crippen LogP contribution in [-0.2, 0) is 4.57 Å². The Balaban J connectivity index is 1.14. The minimum absolute atomic E-state index is 0.848. The van der Waals surface area contributed by atoms with E-state index in [0.717, 1.165) is 66.4 Å².